The second-order valence-corrected chi connectivity index (χ2v) is 5.10. The SMILES string of the molecule is Cc1noc(C)c1CC(=O)OC(C)c1ccc(Cl)cc1. The van der Waals surface area contributed by atoms with Crippen LogP contribution in [-0.2, 0) is 16.0 Å². The summed E-state index contributed by atoms with van der Waals surface area (Å²) in [7, 11) is 0. The van der Waals surface area contributed by atoms with Gasteiger partial charge in [0, 0.05) is 10.6 Å². The lowest BCUT2D eigenvalue weighted by Crippen LogP contribution is -2.12. The van der Waals surface area contributed by atoms with Gasteiger partial charge in [-0.3, -0.25) is 4.79 Å². The molecule has 0 aliphatic heterocycles. The third-order valence-electron chi connectivity index (χ3n) is 3.15. The molecule has 1 heterocycles. The number of hydrogen-bond acceptors (Lipinski definition) is 4. The predicted molar refractivity (Wildman–Crippen MR) is 75.6 cm³/mol. The maximum atomic E-state index is 11.9. The van der Waals surface area contributed by atoms with Crippen LogP contribution in [0, 0.1) is 13.8 Å². The van der Waals surface area contributed by atoms with Gasteiger partial charge in [0.2, 0.25) is 0 Å². The highest BCUT2D eigenvalue weighted by Crippen LogP contribution is 2.21. The zero-order chi connectivity index (χ0) is 14.7. The van der Waals surface area contributed by atoms with Crippen LogP contribution in [0.4, 0.5) is 0 Å². The van der Waals surface area contributed by atoms with E-state index in [1.807, 2.05) is 26.0 Å². The molecule has 4 nitrogen and oxygen atoms in total. The van der Waals surface area contributed by atoms with Crippen LogP contribution in [0.3, 0.4) is 0 Å². The van der Waals surface area contributed by atoms with Crippen LogP contribution in [0.2, 0.25) is 5.02 Å². The van der Waals surface area contributed by atoms with Gasteiger partial charge >= 0.3 is 5.97 Å². The van der Waals surface area contributed by atoms with Crippen LogP contribution in [0.25, 0.3) is 0 Å². The van der Waals surface area contributed by atoms with Gasteiger partial charge in [0.05, 0.1) is 12.1 Å². The van der Waals surface area contributed by atoms with Gasteiger partial charge in [-0.1, -0.05) is 28.9 Å². The smallest absolute Gasteiger partial charge is 0.311 e. The largest absolute Gasteiger partial charge is 0.458 e. The Bertz CT molecular complexity index is 585. The van der Waals surface area contributed by atoms with Crippen molar-refractivity contribution in [2.45, 2.75) is 33.3 Å². The molecule has 5 heteroatoms. The molecule has 0 saturated heterocycles. The van der Waals surface area contributed by atoms with E-state index in [0.717, 1.165) is 16.8 Å². The zero-order valence-electron chi connectivity index (χ0n) is 11.6. The fourth-order valence-electron chi connectivity index (χ4n) is 1.94. The fourth-order valence-corrected chi connectivity index (χ4v) is 2.07. The molecule has 20 heavy (non-hydrogen) atoms. The van der Waals surface area contributed by atoms with Crippen molar-refractivity contribution in [1.29, 1.82) is 0 Å². The fraction of sp³-hybridized carbons (Fsp3) is 0.333. The van der Waals surface area contributed by atoms with Crippen LogP contribution in [0.1, 0.15) is 35.6 Å². The molecule has 0 aliphatic carbocycles. The summed E-state index contributed by atoms with van der Waals surface area (Å²) in [6.45, 7) is 5.42. The topological polar surface area (TPSA) is 52.3 Å². The lowest BCUT2D eigenvalue weighted by molar-refractivity contribution is -0.147. The monoisotopic (exact) mass is 293 g/mol. The Balaban J connectivity index is 1.99. The number of hydrogen-bond donors (Lipinski definition) is 0. The minimum absolute atomic E-state index is 0.166. The minimum atomic E-state index is -0.319. The molecule has 2 aromatic rings. The van der Waals surface area contributed by atoms with Gasteiger partial charge in [-0.25, -0.2) is 0 Å². The van der Waals surface area contributed by atoms with E-state index in [4.69, 9.17) is 20.9 Å². The number of aromatic nitrogens is 1. The van der Waals surface area contributed by atoms with E-state index in [0.29, 0.717) is 10.8 Å². The molecule has 0 radical (unpaired) electrons. The zero-order valence-corrected chi connectivity index (χ0v) is 12.4. The van der Waals surface area contributed by atoms with E-state index in [-0.39, 0.29) is 18.5 Å². The third kappa shape index (κ3) is 3.39. The minimum Gasteiger partial charge on any atom is -0.458 e. The molecule has 2 rings (SSSR count). The number of ether oxygens (including phenoxy) is 1. The van der Waals surface area contributed by atoms with Gasteiger partial charge in [-0.05, 0) is 38.5 Å². The predicted octanol–water partition coefficient (Wildman–Crippen LogP) is 3.79. The second-order valence-electron chi connectivity index (χ2n) is 4.66. The van der Waals surface area contributed by atoms with Crippen LogP contribution in [0.5, 0.6) is 0 Å². The van der Waals surface area contributed by atoms with E-state index in [1.165, 1.54) is 0 Å². The number of nitrogens with zero attached hydrogens (tertiary/aromatic N) is 1. The van der Waals surface area contributed by atoms with Crippen LogP contribution in [0.15, 0.2) is 28.8 Å². The third-order valence-corrected chi connectivity index (χ3v) is 3.40. The standard InChI is InChI=1S/C15H16ClNO3/c1-9-14(11(3)20-17-9)8-15(18)19-10(2)12-4-6-13(16)7-5-12/h4-7,10H,8H2,1-3H3. The number of carbonyl (C=O) groups is 1. The molecule has 106 valence electrons. The summed E-state index contributed by atoms with van der Waals surface area (Å²) in [5.41, 5.74) is 2.42. The van der Waals surface area contributed by atoms with Crippen molar-refractivity contribution in [3.05, 3.63) is 51.9 Å². The van der Waals surface area contributed by atoms with Crippen molar-refractivity contribution in [3.63, 3.8) is 0 Å². The molecule has 0 aliphatic rings. The molecule has 1 aromatic carbocycles. The molecule has 1 unspecified atom stereocenters. The first-order chi connectivity index (χ1) is 9.47. The van der Waals surface area contributed by atoms with Gasteiger partial charge in [-0.15, -0.1) is 0 Å². The number of benzene rings is 1. The van der Waals surface area contributed by atoms with Gasteiger partial charge in [-0.2, -0.15) is 0 Å². The Morgan fingerprint density at radius 1 is 1.35 bits per heavy atom. The maximum Gasteiger partial charge on any atom is 0.311 e. The first-order valence-electron chi connectivity index (χ1n) is 6.34. The Morgan fingerprint density at radius 3 is 2.55 bits per heavy atom. The van der Waals surface area contributed by atoms with Crippen molar-refractivity contribution in [2.75, 3.05) is 0 Å². The first-order valence-corrected chi connectivity index (χ1v) is 6.72. The maximum absolute atomic E-state index is 11.9. The van der Waals surface area contributed by atoms with E-state index in [2.05, 4.69) is 5.16 Å². The van der Waals surface area contributed by atoms with Gasteiger partial charge < -0.3 is 9.26 Å². The number of halogens is 1. The summed E-state index contributed by atoms with van der Waals surface area (Å²) >= 11 is 5.83. The summed E-state index contributed by atoms with van der Waals surface area (Å²) < 4.78 is 10.4. The van der Waals surface area contributed by atoms with Crippen LogP contribution >= 0.6 is 11.6 Å². The summed E-state index contributed by atoms with van der Waals surface area (Å²) in [5, 5.41) is 4.47. The highest BCUT2D eigenvalue weighted by Gasteiger charge is 2.17. The van der Waals surface area contributed by atoms with Crippen LogP contribution in [-0.4, -0.2) is 11.1 Å². The lowest BCUT2D eigenvalue weighted by atomic mass is 10.1. The summed E-state index contributed by atoms with van der Waals surface area (Å²) in [6, 6.07) is 7.23. The summed E-state index contributed by atoms with van der Waals surface area (Å²) in [6.07, 6.45) is -0.153. The second kappa shape index (κ2) is 6.09. The normalized spacial score (nSPS) is 12.2. The van der Waals surface area contributed by atoms with E-state index < -0.39 is 0 Å². The number of aryl methyl sites for hydroxylation is 2. The summed E-state index contributed by atoms with van der Waals surface area (Å²) in [4.78, 5) is 11.9. The quantitative estimate of drug-likeness (QED) is 0.805. The molecular weight excluding hydrogens is 278 g/mol. The van der Waals surface area contributed by atoms with E-state index in [9.17, 15) is 4.79 Å². The number of rotatable bonds is 4. The molecule has 0 saturated carbocycles. The van der Waals surface area contributed by atoms with Crippen molar-refractivity contribution in [1.82, 2.24) is 5.16 Å². The molecular formula is C15H16ClNO3. The number of esters is 1. The van der Waals surface area contributed by atoms with E-state index in [1.54, 1.807) is 19.1 Å². The average Bonchev–Trinajstić information content (AvgIpc) is 2.71. The van der Waals surface area contributed by atoms with Crippen molar-refractivity contribution in [2.24, 2.45) is 0 Å². The van der Waals surface area contributed by atoms with Gasteiger partial charge in [0.1, 0.15) is 11.9 Å². The molecule has 0 spiro atoms. The molecule has 0 amide bonds. The lowest BCUT2D eigenvalue weighted by Gasteiger charge is -2.13. The average molecular weight is 294 g/mol. The molecule has 0 bridgehead atoms. The first kappa shape index (κ1) is 14.6. The Labute approximate surface area is 122 Å². The van der Waals surface area contributed by atoms with Gasteiger partial charge in [0.15, 0.2) is 0 Å². The molecule has 0 N–H and O–H groups in total. The van der Waals surface area contributed by atoms with Gasteiger partial charge in [0.25, 0.3) is 0 Å². The highest BCUT2D eigenvalue weighted by molar-refractivity contribution is 6.30. The number of carbonyl (C=O) groups excluding carboxylic acids is 1. The van der Waals surface area contributed by atoms with Crippen molar-refractivity contribution in [3.8, 4) is 0 Å². The summed E-state index contributed by atoms with van der Waals surface area (Å²) in [5.74, 6) is 0.348. The molecule has 1 aromatic heterocycles. The van der Waals surface area contributed by atoms with Crippen LogP contribution < -0.4 is 0 Å². The van der Waals surface area contributed by atoms with Crippen molar-refractivity contribution >= 4 is 17.6 Å². The Morgan fingerprint density at radius 2 is 2.00 bits per heavy atom. The van der Waals surface area contributed by atoms with Crippen molar-refractivity contribution < 1.29 is 14.1 Å². The Kier molecular flexibility index (Phi) is 4.45. The highest BCUT2D eigenvalue weighted by atomic mass is 35.5. The Hall–Kier alpha value is -1.81. The molecule has 1 atom stereocenters. The van der Waals surface area contributed by atoms with E-state index >= 15 is 0 Å². The molecule has 0 fully saturated rings.